The lowest BCUT2D eigenvalue weighted by Gasteiger charge is -2.07. The Hall–Kier alpha value is -2.49. The number of ether oxygens (including phenoxy) is 1. The zero-order chi connectivity index (χ0) is 14.2. The van der Waals surface area contributed by atoms with Gasteiger partial charge in [0.15, 0.2) is 0 Å². The molecule has 2 aromatic carbocycles. The molecule has 0 atom stereocenters. The van der Waals surface area contributed by atoms with Crippen LogP contribution in [0.1, 0.15) is 11.1 Å². The van der Waals surface area contributed by atoms with Crippen LogP contribution in [0, 0.1) is 0 Å². The van der Waals surface area contributed by atoms with Crippen molar-refractivity contribution in [3.8, 4) is 5.75 Å². The minimum atomic E-state index is -0.423. The summed E-state index contributed by atoms with van der Waals surface area (Å²) >= 11 is 0. The van der Waals surface area contributed by atoms with Crippen molar-refractivity contribution in [3.63, 3.8) is 0 Å². The summed E-state index contributed by atoms with van der Waals surface area (Å²) in [7, 11) is 0. The van der Waals surface area contributed by atoms with E-state index in [0.29, 0.717) is 13.0 Å². The molecular formula is C16H17NO3. The average molecular weight is 271 g/mol. The Bertz CT molecular complexity index is 537. The van der Waals surface area contributed by atoms with Crippen LogP contribution in [0.25, 0.3) is 0 Å². The maximum Gasteiger partial charge on any atom is 0.407 e. The fourth-order valence-electron chi connectivity index (χ4n) is 1.75. The molecule has 0 radical (unpaired) electrons. The Balaban J connectivity index is 1.66. The van der Waals surface area contributed by atoms with Crippen LogP contribution in [0.5, 0.6) is 5.75 Å². The van der Waals surface area contributed by atoms with E-state index in [4.69, 9.17) is 9.84 Å². The quantitative estimate of drug-likeness (QED) is 0.879. The van der Waals surface area contributed by atoms with Crippen LogP contribution in [0.2, 0.25) is 0 Å². The SMILES string of the molecule is O=C(NCCc1ccc(O)cc1)OCc1ccccc1. The van der Waals surface area contributed by atoms with Crippen molar-refractivity contribution in [2.75, 3.05) is 6.54 Å². The van der Waals surface area contributed by atoms with Crippen LogP contribution in [0.15, 0.2) is 54.6 Å². The minimum absolute atomic E-state index is 0.240. The highest BCUT2D eigenvalue weighted by molar-refractivity contribution is 5.67. The number of nitrogens with one attached hydrogen (secondary N) is 1. The molecule has 104 valence electrons. The van der Waals surface area contributed by atoms with Gasteiger partial charge in [0.2, 0.25) is 0 Å². The fourth-order valence-corrected chi connectivity index (χ4v) is 1.75. The van der Waals surface area contributed by atoms with E-state index in [-0.39, 0.29) is 12.4 Å². The number of hydrogen-bond donors (Lipinski definition) is 2. The Morgan fingerprint density at radius 1 is 1.00 bits per heavy atom. The van der Waals surface area contributed by atoms with Gasteiger partial charge >= 0.3 is 6.09 Å². The van der Waals surface area contributed by atoms with Gasteiger partial charge in [0.1, 0.15) is 12.4 Å². The molecule has 0 aliphatic heterocycles. The molecule has 20 heavy (non-hydrogen) atoms. The van der Waals surface area contributed by atoms with Crippen LogP contribution in [-0.4, -0.2) is 17.7 Å². The van der Waals surface area contributed by atoms with Crippen molar-refractivity contribution in [2.24, 2.45) is 0 Å². The third-order valence-electron chi connectivity index (χ3n) is 2.83. The normalized spacial score (nSPS) is 10.0. The first-order valence-electron chi connectivity index (χ1n) is 6.46. The van der Waals surface area contributed by atoms with Crippen molar-refractivity contribution in [1.82, 2.24) is 5.32 Å². The summed E-state index contributed by atoms with van der Waals surface area (Å²) in [5.41, 5.74) is 2.01. The van der Waals surface area contributed by atoms with Crippen LogP contribution in [0.3, 0.4) is 0 Å². The van der Waals surface area contributed by atoms with Gasteiger partial charge in [0.25, 0.3) is 0 Å². The number of aromatic hydroxyl groups is 1. The van der Waals surface area contributed by atoms with Crippen LogP contribution in [-0.2, 0) is 17.8 Å². The second kappa shape index (κ2) is 7.19. The summed E-state index contributed by atoms with van der Waals surface area (Å²) in [6, 6.07) is 16.4. The molecule has 0 aliphatic rings. The van der Waals surface area contributed by atoms with Gasteiger partial charge < -0.3 is 15.2 Å². The topological polar surface area (TPSA) is 58.6 Å². The Labute approximate surface area is 118 Å². The highest BCUT2D eigenvalue weighted by Crippen LogP contribution is 2.09. The van der Waals surface area contributed by atoms with Gasteiger partial charge in [0.05, 0.1) is 0 Å². The number of benzene rings is 2. The second-order valence-electron chi connectivity index (χ2n) is 4.40. The largest absolute Gasteiger partial charge is 0.508 e. The number of phenols is 1. The number of carbonyl (C=O) groups is 1. The molecule has 0 fully saturated rings. The summed E-state index contributed by atoms with van der Waals surface area (Å²) in [6.45, 7) is 0.768. The summed E-state index contributed by atoms with van der Waals surface area (Å²) in [5.74, 6) is 0.240. The molecule has 2 N–H and O–H groups in total. The molecule has 2 rings (SSSR count). The van der Waals surface area contributed by atoms with Gasteiger partial charge in [-0.05, 0) is 29.7 Å². The molecule has 0 heterocycles. The maximum atomic E-state index is 11.5. The molecule has 0 saturated heterocycles. The van der Waals surface area contributed by atoms with E-state index in [0.717, 1.165) is 11.1 Å². The van der Waals surface area contributed by atoms with E-state index >= 15 is 0 Å². The fraction of sp³-hybridized carbons (Fsp3) is 0.188. The summed E-state index contributed by atoms with van der Waals surface area (Å²) in [5, 5.41) is 11.9. The Morgan fingerprint density at radius 2 is 1.70 bits per heavy atom. The summed E-state index contributed by atoms with van der Waals surface area (Å²) in [6.07, 6.45) is 0.272. The van der Waals surface area contributed by atoms with E-state index in [1.807, 2.05) is 42.5 Å². The lowest BCUT2D eigenvalue weighted by Crippen LogP contribution is -2.26. The van der Waals surface area contributed by atoms with Crippen molar-refractivity contribution in [1.29, 1.82) is 0 Å². The number of amides is 1. The molecule has 2 aromatic rings. The number of hydrogen-bond acceptors (Lipinski definition) is 3. The van der Waals surface area contributed by atoms with Gasteiger partial charge in [-0.25, -0.2) is 4.79 Å². The molecule has 4 heteroatoms. The third kappa shape index (κ3) is 4.65. The third-order valence-corrected chi connectivity index (χ3v) is 2.83. The van der Waals surface area contributed by atoms with Gasteiger partial charge in [0, 0.05) is 6.54 Å². The monoisotopic (exact) mass is 271 g/mol. The standard InChI is InChI=1S/C16H17NO3/c18-15-8-6-13(7-9-15)10-11-17-16(19)20-12-14-4-2-1-3-5-14/h1-9,18H,10-12H2,(H,17,19). The molecule has 0 bridgehead atoms. The number of alkyl carbamates (subject to hydrolysis) is 1. The Kier molecular flexibility index (Phi) is 5.00. The zero-order valence-corrected chi connectivity index (χ0v) is 11.1. The van der Waals surface area contributed by atoms with E-state index in [9.17, 15) is 4.79 Å². The molecule has 1 amide bonds. The van der Waals surface area contributed by atoms with Crippen molar-refractivity contribution in [3.05, 3.63) is 65.7 Å². The van der Waals surface area contributed by atoms with E-state index < -0.39 is 6.09 Å². The van der Waals surface area contributed by atoms with Crippen molar-refractivity contribution >= 4 is 6.09 Å². The molecule has 0 aliphatic carbocycles. The number of rotatable bonds is 5. The second-order valence-corrected chi connectivity index (χ2v) is 4.40. The molecule has 0 unspecified atom stereocenters. The number of phenolic OH excluding ortho intramolecular Hbond substituents is 1. The zero-order valence-electron chi connectivity index (χ0n) is 11.1. The van der Waals surface area contributed by atoms with Gasteiger partial charge in [-0.1, -0.05) is 42.5 Å². The molecule has 0 saturated carbocycles. The van der Waals surface area contributed by atoms with Gasteiger partial charge in [-0.15, -0.1) is 0 Å². The predicted molar refractivity (Wildman–Crippen MR) is 76.4 cm³/mol. The van der Waals surface area contributed by atoms with Gasteiger partial charge in [-0.2, -0.15) is 0 Å². The van der Waals surface area contributed by atoms with E-state index in [2.05, 4.69) is 5.32 Å². The first-order valence-corrected chi connectivity index (χ1v) is 6.46. The molecule has 4 nitrogen and oxygen atoms in total. The van der Waals surface area contributed by atoms with Crippen molar-refractivity contribution < 1.29 is 14.6 Å². The van der Waals surface area contributed by atoms with Crippen molar-refractivity contribution in [2.45, 2.75) is 13.0 Å². The highest BCUT2D eigenvalue weighted by atomic mass is 16.5. The smallest absolute Gasteiger partial charge is 0.407 e. The average Bonchev–Trinajstić information content (AvgIpc) is 2.48. The Morgan fingerprint density at radius 3 is 2.40 bits per heavy atom. The molecule has 0 spiro atoms. The van der Waals surface area contributed by atoms with E-state index in [1.165, 1.54) is 0 Å². The first kappa shape index (κ1) is 13.9. The van der Waals surface area contributed by atoms with Gasteiger partial charge in [-0.3, -0.25) is 0 Å². The summed E-state index contributed by atoms with van der Waals surface area (Å²) in [4.78, 5) is 11.5. The molecule has 0 aromatic heterocycles. The lowest BCUT2D eigenvalue weighted by atomic mass is 10.1. The summed E-state index contributed by atoms with van der Waals surface area (Å²) < 4.78 is 5.10. The molecular weight excluding hydrogens is 254 g/mol. The minimum Gasteiger partial charge on any atom is -0.508 e. The highest BCUT2D eigenvalue weighted by Gasteiger charge is 2.02. The van der Waals surface area contributed by atoms with Crippen LogP contribution in [0.4, 0.5) is 4.79 Å². The first-order chi connectivity index (χ1) is 9.74. The van der Waals surface area contributed by atoms with E-state index in [1.54, 1.807) is 12.1 Å². The van der Waals surface area contributed by atoms with Crippen LogP contribution < -0.4 is 5.32 Å². The maximum absolute atomic E-state index is 11.5. The number of carbonyl (C=O) groups excluding carboxylic acids is 1. The lowest BCUT2D eigenvalue weighted by molar-refractivity contribution is 0.140. The predicted octanol–water partition coefficient (Wildman–Crippen LogP) is 2.86. The van der Waals surface area contributed by atoms with Crippen LogP contribution >= 0.6 is 0 Å².